The first-order chi connectivity index (χ1) is 14.1. The number of piperidine rings is 1. The van der Waals surface area contributed by atoms with Crippen LogP contribution in [-0.2, 0) is 6.61 Å². The molecule has 6 nitrogen and oxygen atoms in total. The van der Waals surface area contributed by atoms with Gasteiger partial charge < -0.3 is 15.0 Å². The van der Waals surface area contributed by atoms with Crippen LogP contribution >= 0.6 is 12.4 Å². The Hall–Kier alpha value is -2.64. The molecule has 3 heterocycles. The zero-order valence-corrected chi connectivity index (χ0v) is 17.3. The summed E-state index contributed by atoms with van der Waals surface area (Å²) in [6, 6.07) is 12.6. The van der Waals surface area contributed by atoms with Gasteiger partial charge in [-0.05, 0) is 31.5 Å². The van der Waals surface area contributed by atoms with E-state index in [0.717, 1.165) is 44.6 Å². The van der Waals surface area contributed by atoms with E-state index in [-0.39, 0.29) is 17.8 Å². The maximum Gasteiger partial charge on any atom is 0.263 e. The number of aromatic nitrogens is 2. The zero-order chi connectivity index (χ0) is 19.8. The van der Waals surface area contributed by atoms with Crippen molar-refractivity contribution < 1.29 is 9.13 Å². The highest BCUT2D eigenvalue weighted by Crippen LogP contribution is 2.40. The third-order valence-electron chi connectivity index (χ3n) is 5.99. The van der Waals surface area contributed by atoms with Crippen LogP contribution in [0.1, 0.15) is 18.4 Å². The summed E-state index contributed by atoms with van der Waals surface area (Å²) in [6.45, 7) is 4.13. The molecule has 0 bridgehead atoms. The number of anilines is 1. The number of ether oxygens (including phenoxy) is 1. The van der Waals surface area contributed by atoms with E-state index in [1.54, 1.807) is 6.07 Å². The number of aromatic amines is 1. The molecule has 2 fully saturated rings. The minimum Gasteiger partial charge on any atom is -0.489 e. The highest BCUT2D eigenvalue weighted by atomic mass is 35.5. The normalized spacial score (nSPS) is 17.4. The lowest BCUT2D eigenvalue weighted by atomic mass is 9.72. The number of H-pyrrole nitrogens is 1. The van der Waals surface area contributed by atoms with E-state index in [1.807, 2.05) is 30.3 Å². The molecule has 158 valence electrons. The predicted octanol–water partition coefficient (Wildman–Crippen LogP) is 3.25. The van der Waals surface area contributed by atoms with Crippen molar-refractivity contribution in [1.82, 2.24) is 15.3 Å². The van der Waals surface area contributed by atoms with Crippen LogP contribution in [-0.4, -0.2) is 36.1 Å². The summed E-state index contributed by atoms with van der Waals surface area (Å²) < 4.78 is 20.3. The fraction of sp³-hybridized carbons (Fsp3) is 0.364. The second-order valence-corrected chi connectivity index (χ2v) is 8.07. The Morgan fingerprint density at radius 1 is 1.13 bits per heavy atom. The predicted molar refractivity (Wildman–Crippen MR) is 117 cm³/mol. The number of fused-ring (bicyclic) bond motifs is 1. The molecule has 3 aromatic rings. The van der Waals surface area contributed by atoms with E-state index in [9.17, 15) is 9.18 Å². The standard InChI is InChI=1S/C22H23FN4O2.ClH/c23-17-10-16(29-12-15-4-2-1-3-5-15)11-18-19(17)20(28)26-21(25-18)27-13-22(14-27)6-8-24-9-7-22;/h1-5,10-11,24H,6-9,12-14H2,(H,25,26,28);1H. The van der Waals surface area contributed by atoms with Crippen LogP contribution in [0.2, 0.25) is 0 Å². The summed E-state index contributed by atoms with van der Waals surface area (Å²) in [5.41, 5.74) is 1.16. The average molecular weight is 431 g/mol. The second kappa shape index (κ2) is 8.24. The van der Waals surface area contributed by atoms with Crippen LogP contribution in [0, 0.1) is 11.2 Å². The fourth-order valence-corrected chi connectivity index (χ4v) is 4.35. The molecule has 8 heteroatoms. The van der Waals surface area contributed by atoms with Crippen LogP contribution in [0.15, 0.2) is 47.3 Å². The minimum absolute atomic E-state index is 0. The van der Waals surface area contributed by atoms with Crippen molar-refractivity contribution in [3.8, 4) is 5.75 Å². The van der Waals surface area contributed by atoms with Crippen molar-refractivity contribution in [3.63, 3.8) is 0 Å². The van der Waals surface area contributed by atoms with Crippen molar-refractivity contribution in [2.24, 2.45) is 5.41 Å². The van der Waals surface area contributed by atoms with Crippen molar-refractivity contribution in [2.75, 3.05) is 31.1 Å². The molecule has 0 amide bonds. The Bertz CT molecular complexity index is 1090. The topological polar surface area (TPSA) is 70.2 Å². The number of nitrogens with zero attached hydrogens (tertiary/aromatic N) is 2. The first kappa shape index (κ1) is 20.6. The molecule has 2 aliphatic heterocycles. The highest BCUT2D eigenvalue weighted by Gasteiger charge is 2.44. The first-order valence-corrected chi connectivity index (χ1v) is 9.98. The Kier molecular flexibility index (Phi) is 5.66. The molecule has 1 aromatic heterocycles. The SMILES string of the molecule is Cl.O=c1[nH]c(N2CC3(CCNCC3)C2)nc2cc(OCc3ccccc3)cc(F)c12. The molecule has 30 heavy (non-hydrogen) atoms. The maximum absolute atomic E-state index is 14.6. The molecule has 2 aliphatic rings. The number of rotatable bonds is 4. The number of benzene rings is 2. The number of hydrogen-bond donors (Lipinski definition) is 2. The Morgan fingerprint density at radius 2 is 1.87 bits per heavy atom. The lowest BCUT2D eigenvalue weighted by molar-refractivity contribution is 0.148. The van der Waals surface area contributed by atoms with Gasteiger partial charge in [-0.2, -0.15) is 0 Å². The monoisotopic (exact) mass is 430 g/mol. The molecule has 1 spiro atoms. The average Bonchev–Trinajstić information content (AvgIpc) is 2.71. The molecular formula is C22H24ClFN4O2. The van der Waals surface area contributed by atoms with Crippen LogP contribution < -0.4 is 20.5 Å². The number of halogens is 2. The van der Waals surface area contributed by atoms with Gasteiger partial charge in [-0.25, -0.2) is 9.37 Å². The fourth-order valence-electron chi connectivity index (χ4n) is 4.35. The molecule has 0 saturated carbocycles. The molecule has 2 aromatic carbocycles. The summed E-state index contributed by atoms with van der Waals surface area (Å²) in [7, 11) is 0. The van der Waals surface area contributed by atoms with E-state index >= 15 is 0 Å². The van der Waals surface area contributed by atoms with Gasteiger partial charge in [0.1, 0.15) is 23.6 Å². The molecule has 0 aliphatic carbocycles. The molecule has 0 unspecified atom stereocenters. The molecule has 2 saturated heterocycles. The van der Waals surface area contributed by atoms with Crippen molar-refractivity contribution in [3.05, 3.63) is 64.2 Å². The van der Waals surface area contributed by atoms with Gasteiger partial charge in [0.05, 0.1) is 5.52 Å². The van der Waals surface area contributed by atoms with Crippen LogP contribution in [0.3, 0.4) is 0 Å². The Morgan fingerprint density at radius 3 is 2.60 bits per heavy atom. The van der Waals surface area contributed by atoms with Gasteiger partial charge in [0.2, 0.25) is 5.95 Å². The summed E-state index contributed by atoms with van der Waals surface area (Å²) in [4.78, 5) is 21.9. The van der Waals surface area contributed by atoms with Crippen LogP contribution in [0.4, 0.5) is 10.3 Å². The maximum atomic E-state index is 14.6. The quantitative estimate of drug-likeness (QED) is 0.665. The van der Waals surface area contributed by atoms with Gasteiger partial charge in [-0.15, -0.1) is 12.4 Å². The van der Waals surface area contributed by atoms with Gasteiger partial charge in [0, 0.05) is 30.6 Å². The van der Waals surface area contributed by atoms with Crippen molar-refractivity contribution >= 4 is 29.3 Å². The van der Waals surface area contributed by atoms with Crippen molar-refractivity contribution in [2.45, 2.75) is 19.4 Å². The van der Waals surface area contributed by atoms with E-state index in [1.165, 1.54) is 6.07 Å². The van der Waals surface area contributed by atoms with E-state index in [4.69, 9.17) is 4.74 Å². The minimum atomic E-state index is -0.621. The molecule has 5 rings (SSSR count). The largest absolute Gasteiger partial charge is 0.489 e. The molecule has 0 atom stereocenters. The Balaban J connectivity index is 0.00000218. The highest BCUT2D eigenvalue weighted by molar-refractivity contribution is 5.85. The number of nitrogens with one attached hydrogen (secondary N) is 2. The van der Waals surface area contributed by atoms with E-state index in [2.05, 4.69) is 20.2 Å². The van der Waals surface area contributed by atoms with Crippen molar-refractivity contribution in [1.29, 1.82) is 0 Å². The van der Waals surface area contributed by atoms with E-state index < -0.39 is 11.4 Å². The third-order valence-corrected chi connectivity index (χ3v) is 5.99. The Labute approximate surface area is 179 Å². The molecule has 0 radical (unpaired) electrons. The molecular weight excluding hydrogens is 407 g/mol. The van der Waals surface area contributed by atoms with E-state index in [0.29, 0.717) is 29.2 Å². The van der Waals surface area contributed by atoms with Gasteiger partial charge in [-0.3, -0.25) is 9.78 Å². The summed E-state index contributed by atoms with van der Waals surface area (Å²) in [5.74, 6) is 0.247. The second-order valence-electron chi connectivity index (χ2n) is 8.07. The summed E-state index contributed by atoms with van der Waals surface area (Å²) in [5, 5.41) is 3.35. The smallest absolute Gasteiger partial charge is 0.263 e. The summed E-state index contributed by atoms with van der Waals surface area (Å²) in [6.07, 6.45) is 2.26. The lowest BCUT2D eigenvalue weighted by Crippen LogP contribution is -2.60. The van der Waals surface area contributed by atoms with Crippen LogP contribution in [0.25, 0.3) is 10.9 Å². The molecule has 2 N–H and O–H groups in total. The third kappa shape index (κ3) is 3.87. The van der Waals surface area contributed by atoms with Gasteiger partial charge in [0.15, 0.2) is 0 Å². The lowest BCUT2D eigenvalue weighted by Gasteiger charge is -2.52. The zero-order valence-electron chi connectivity index (χ0n) is 16.5. The van der Waals surface area contributed by atoms with Crippen LogP contribution in [0.5, 0.6) is 5.75 Å². The van der Waals surface area contributed by atoms with Gasteiger partial charge >= 0.3 is 0 Å². The first-order valence-electron chi connectivity index (χ1n) is 9.98. The van der Waals surface area contributed by atoms with Gasteiger partial charge in [-0.1, -0.05) is 30.3 Å². The summed E-state index contributed by atoms with van der Waals surface area (Å²) >= 11 is 0. The number of hydrogen-bond acceptors (Lipinski definition) is 5. The van der Waals surface area contributed by atoms with Gasteiger partial charge in [0.25, 0.3) is 5.56 Å².